The van der Waals surface area contributed by atoms with Crippen molar-refractivity contribution in [2.24, 2.45) is 4.99 Å². The first kappa shape index (κ1) is 12.4. The maximum absolute atomic E-state index is 12.3. The molecule has 0 aromatic heterocycles. The first-order chi connectivity index (χ1) is 9.25. The number of nitroso groups, excluding NO2 is 1. The van der Waals surface area contributed by atoms with Crippen molar-refractivity contribution in [2.45, 2.75) is 13.0 Å². The molecule has 0 bridgehead atoms. The lowest BCUT2D eigenvalue weighted by Gasteiger charge is -2.25. The number of fused-ring (bicyclic) bond motifs is 1. The summed E-state index contributed by atoms with van der Waals surface area (Å²) in [6, 6.07) is 7.69. The van der Waals surface area contributed by atoms with Gasteiger partial charge in [0.2, 0.25) is 0 Å². The fourth-order valence-electron chi connectivity index (χ4n) is 2.55. The highest BCUT2D eigenvalue weighted by Gasteiger charge is 2.35. The Kier molecular flexibility index (Phi) is 3.40. The third-order valence-electron chi connectivity index (χ3n) is 3.71. The molecule has 0 radical (unpaired) electrons. The lowest BCUT2D eigenvalue weighted by atomic mass is 10.0. The van der Waals surface area contributed by atoms with Crippen molar-refractivity contribution in [3.8, 4) is 0 Å². The maximum Gasteiger partial charge on any atom is 0.351 e. The largest absolute Gasteiger partial charge is 0.379 e. The van der Waals surface area contributed by atoms with Crippen molar-refractivity contribution in [1.29, 1.82) is 0 Å². The lowest BCUT2D eigenvalue weighted by Crippen LogP contribution is -2.42. The summed E-state index contributed by atoms with van der Waals surface area (Å²) < 4.78 is 6.36. The van der Waals surface area contributed by atoms with Crippen LogP contribution in [0.4, 0.5) is 5.69 Å². The third-order valence-corrected chi connectivity index (χ3v) is 3.71. The number of rotatable bonds is 2. The molecule has 2 heterocycles. The molecule has 1 aromatic rings. The van der Waals surface area contributed by atoms with Gasteiger partial charge in [-0.05, 0) is 22.7 Å². The molecule has 100 valence electrons. The predicted molar refractivity (Wildman–Crippen MR) is 72.8 cm³/mol. The number of hydrogen-bond donors (Lipinski definition) is 0. The zero-order valence-corrected chi connectivity index (χ0v) is 11.1. The van der Waals surface area contributed by atoms with E-state index in [1.807, 2.05) is 31.2 Å². The van der Waals surface area contributed by atoms with Gasteiger partial charge in [0.15, 0.2) is 11.7 Å². The number of morpholine rings is 1. The second-order valence-corrected chi connectivity index (χ2v) is 4.98. The van der Waals surface area contributed by atoms with Crippen LogP contribution in [0, 0.1) is 4.91 Å². The van der Waals surface area contributed by atoms with Gasteiger partial charge in [0.25, 0.3) is 0 Å². The Hall–Kier alpha value is -1.59. The van der Waals surface area contributed by atoms with Crippen molar-refractivity contribution in [3.05, 3.63) is 34.7 Å². The number of amidine groups is 1. The van der Waals surface area contributed by atoms with Crippen LogP contribution in [0.15, 0.2) is 29.3 Å². The van der Waals surface area contributed by atoms with E-state index < -0.39 is 0 Å². The monoisotopic (exact) mass is 260 g/mol. The van der Waals surface area contributed by atoms with E-state index in [0.29, 0.717) is 12.4 Å². The van der Waals surface area contributed by atoms with Gasteiger partial charge < -0.3 is 4.74 Å². The third kappa shape index (κ3) is 2.43. The van der Waals surface area contributed by atoms with E-state index in [-0.39, 0.29) is 6.04 Å². The molecule has 1 saturated heterocycles. The average Bonchev–Trinajstić information content (AvgIpc) is 2.46. The summed E-state index contributed by atoms with van der Waals surface area (Å²) in [5.74, 6) is 0.605. The van der Waals surface area contributed by atoms with E-state index in [0.717, 1.165) is 42.3 Å². The quantitative estimate of drug-likeness (QED) is 0.763. The summed E-state index contributed by atoms with van der Waals surface area (Å²) in [6.07, 6.45) is 0. The van der Waals surface area contributed by atoms with Crippen LogP contribution < -0.4 is 0 Å². The van der Waals surface area contributed by atoms with Gasteiger partial charge in [-0.25, -0.2) is 0 Å². The average molecular weight is 260 g/mol. The van der Waals surface area contributed by atoms with Gasteiger partial charge in [0.1, 0.15) is 6.54 Å². The Morgan fingerprint density at radius 2 is 2.11 bits per heavy atom. The number of para-hydroxylation sites is 1. The first-order valence-electron chi connectivity index (χ1n) is 6.68. The molecule has 0 aliphatic carbocycles. The lowest BCUT2D eigenvalue weighted by molar-refractivity contribution is -0.482. The Balaban J connectivity index is 1.85. The summed E-state index contributed by atoms with van der Waals surface area (Å²) in [6.45, 7) is 5.73. The van der Waals surface area contributed by atoms with E-state index in [4.69, 9.17) is 4.74 Å². The Bertz CT molecular complexity index is 521. The van der Waals surface area contributed by atoms with Crippen LogP contribution in [0.1, 0.15) is 18.5 Å². The topological polar surface area (TPSA) is 44.9 Å². The number of ether oxygens (including phenoxy) is 1. The Morgan fingerprint density at radius 1 is 1.37 bits per heavy atom. The molecule has 1 aromatic carbocycles. The normalized spacial score (nSPS) is 23.9. The number of benzene rings is 1. The van der Waals surface area contributed by atoms with Crippen LogP contribution >= 0.6 is 0 Å². The highest BCUT2D eigenvalue weighted by Crippen LogP contribution is 2.31. The summed E-state index contributed by atoms with van der Waals surface area (Å²) in [4.78, 5) is 19.0. The minimum atomic E-state index is -0.162. The second-order valence-electron chi connectivity index (χ2n) is 4.98. The summed E-state index contributed by atoms with van der Waals surface area (Å²) in [5, 5.41) is 0. The minimum absolute atomic E-state index is 0.162. The van der Waals surface area contributed by atoms with Crippen LogP contribution in [-0.4, -0.2) is 48.3 Å². The summed E-state index contributed by atoms with van der Waals surface area (Å²) >= 11 is 0. The van der Waals surface area contributed by atoms with Gasteiger partial charge >= 0.3 is 5.84 Å². The summed E-state index contributed by atoms with van der Waals surface area (Å²) in [7, 11) is 0. The number of aliphatic imine (C=N–C) groups is 1. The molecule has 19 heavy (non-hydrogen) atoms. The Labute approximate surface area is 112 Å². The fourth-order valence-corrected chi connectivity index (χ4v) is 2.55. The molecule has 0 spiro atoms. The van der Waals surface area contributed by atoms with Crippen LogP contribution in [-0.2, 0) is 4.74 Å². The molecule has 0 saturated carbocycles. The molecule has 0 N–H and O–H groups in total. The van der Waals surface area contributed by atoms with E-state index in [1.165, 1.54) is 0 Å². The van der Waals surface area contributed by atoms with E-state index >= 15 is 0 Å². The maximum atomic E-state index is 12.3. The summed E-state index contributed by atoms with van der Waals surface area (Å²) in [5.41, 5.74) is 1.92. The molecule has 2 aliphatic rings. The van der Waals surface area contributed by atoms with Gasteiger partial charge in [-0.3, -0.25) is 4.90 Å². The van der Waals surface area contributed by atoms with Gasteiger partial charge in [0.05, 0.1) is 18.8 Å². The van der Waals surface area contributed by atoms with Crippen LogP contribution in [0.2, 0.25) is 0 Å². The van der Waals surface area contributed by atoms with E-state index in [9.17, 15) is 4.91 Å². The highest BCUT2D eigenvalue weighted by atomic mass is 16.5. The molecule has 2 aliphatic heterocycles. The highest BCUT2D eigenvalue weighted by molar-refractivity contribution is 5.81. The SMILES string of the molecule is CC1c2ccccc2N=C(CN2CCOCC2)[N+]1=O. The van der Waals surface area contributed by atoms with E-state index in [2.05, 4.69) is 9.89 Å². The van der Waals surface area contributed by atoms with Gasteiger partial charge in [-0.1, -0.05) is 23.1 Å². The zero-order valence-electron chi connectivity index (χ0n) is 11.1. The van der Waals surface area contributed by atoms with Crippen LogP contribution in [0.5, 0.6) is 0 Å². The molecule has 1 atom stereocenters. The number of nitrogens with zero attached hydrogens (tertiary/aromatic N) is 3. The molecule has 5 nitrogen and oxygen atoms in total. The van der Waals surface area contributed by atoms with E-state index in [1.54, 1.807) is 0 Å². The van der Waals surface area contributed by atoms with Crippen molar-refractivity contribution in [1.82, 2.24) is 4.90 Å². The second kappa shape index (κ2) is 5.19. The van der Waals surface area contributed by atoms with Crippen molar-refractivity contribution in [2.75, 3.05) is 32.8 Å². The van der Waals surface area contributed by atoms with Crippen LogP contribution in [0.3, 0.4) is 0 Å². The van der Waals surface area contributed by atoms with Gasteiger partial charge in [-0.15, -0.1) is 0 Å². The predicted octanol–water partition coefficient (Wildman–Crippen LogP) is 1.90. The van der Waals surface area contributed by atoms with Crippen molar-refractivity contribution < 1.29 is 9.50 Å². The number of hydrogen-bond acceptors (Lipinski definition) is 4. The minimum Gasteiger partial charge on any atom is -0.379 e. The molecule has 1 fully saturated rings. The molecule has 3 rings (SSSR count). The standard InChI is InChI=1S/C14H18N3O2/c1-11-12-4-2-3-5-13(12)15-14(17(11)18)10-16-6-8-19-9-7-16/h2-5,11H,6-10H2,1H3/q+1. The smallest absolute Gasteiger partial charge is 0.351 e. The van der Waals surface area contributed by atoms with Crippen molar-refractivity contribution >= 4 is 11.5 Å². The molecule has 0 amide bonds. The van der Waals surface area contributed by atoms with Crippen molar-refractivity contribution in [3.63, 3.8) is 0 Å². The molecule has 1 unspecified atom stereocenters. The molecular formula is C14H18N3O2+. The zero-order chi connectivity index (χ0) is 13.2. The van der Waals surface area contributed by atoms with Gasteiger partial charge in [-0.2, -0.15) is 0 Å². The van der Waals surface area contributed by atoms with Gasteiger partial charge in [0, 0.05) is 13.1 Å². The first-order valence-corrected chi connectivity index (χ1v) is 6.68. The molecule has 5 heteroatoms. The fraction of sp³-hybridized carbons (Fsp3) is 0.500. The molecular weight excluding hydrogens is 242 g/mol. The van der Waals surface area contributed by atoms with Crippen LogP contribution in [0.25, 0.3) is 0 Å². The Morgan fingerprint density at radius 3 is 2.89 bits per heavy atom.